The molecule has 0 amide bonds. The molecule has 94 valence electrons. The SMILES string of the molecule is OCC1CCCCN1Cc1cncn1C1CC1. The molecular weight excluding hydrogens is 214 g/mol. The van der Waals surface area contributed by atoms with E-state index in [1.54, 1.807) is 0 Å². The zero-order valence-corrected chi connectivity index (χ0v) is 10.3. The Morgan fingerprint density at radius 3 is 2.94 bits per heavy atom. The van der Waals surface area contributed by atoms with E-state index in [0.717, 1.165) is 19.5 Å². The van der Waals surface area contributed by atoms with E-state index in [9.17, 15) is 5.11 Å². The number of imidazole rings is 1. The molecule has 3 rings (SSSR count). The molecule has 2 fully saturated rings. The predicted molar refractivity (Wildman–Crippen MR) is 65.6 cm³/mol. The maximum Gasteiger partial charge on any atom is 0.0951 e. The molecule has 1 aliphatic carbocycles. The molecule has 1 aromatic rings. The molecule has 4 heteroatoms. The fourth-order valence-electron chi connectivity index (χ4n) is 2.82. The fourth-order valence-corrected chi connectivity index (χ4v) is 2.82. The normalized spacial score (nSPS) is 26.3. The second-order valence-electron chi connectivity index (χ2n) is 5.33. The first-order chi connectivity index (χ1) is 8.38. The summed E-state index contributed by atoms with van der Waals surface area (Å²) < 4.78 is 2.32. The second kappa shape index (κ2) is 4.78. The third-order valence-corrected chi connectivity index (χ3v) is 4.01. The molecule has 1 unspecified atom stereocenters. The molecule has 17 heavy (non-hydrogen) atoms. The average Bonchev–Trinajstić information content (AvgIpc) is 3.11. The van der Waals surface area contributed by atoms with Crippen molar-refractivity contribution in [2.45, 2.75) is 50.7 Å². The number of nitrogens with zero attached hydrogens (tertiary/aromatic N) is 3. The van der Waals surface area contributed by atoms with Gasteiger partial charge in [-0.2, -0.15) is 0 Å². The lowest BCUT2D eigenvalue weighted by molar-refractivity contribution is 0.0821. The van der Waals surface area contributed by atoms with Gasteiger partial charge in [0.15, 0.2) is 0 Å². The minimum atomic E-state index is 0.289. The Balaban J connectivity index is 1.69. The van der Waals surface area contributed by atoms with E-state index in [1.165, 1.54) is 31.4 Å². The number of aromatic nitrogens is 2. The number of hydrogen-bond acceptors (Lipinski definition) is 3. The van der Waals surface area contributed by atoms with Gasteiger partial charge in [-0.25, -0.2) is 4.98 Å². The summed E-state index contributed by atoms with van der Waals surface area (Å²) in [5.74, 6) is 0. The highest BCUT2D eigenvalue weighted by molar-refractivity contribution is 5.04. The summed E-state index contributed by atoms with van der Waals surface area (Å²) in [5, 5.41) is 9.42. The van der Waals surface area contributed by atoms with Crippen LogP contribution in [0.25, 0.3) is 0 Å². The van der Waals surface area contributed by atoms with E-state index < -0.39 is 0 Å². The van der Waals surface area contributed by atoms with Gasteiger partial charge in [-0.15, -0.1) is 0 Å². The number of piperidine rings is 1. The Bertz CT molecular complexity index is 372. The van der Waals surface area contributed by atoms with Crippen LogP contribution in [0.2, 0.25) is 0 Å². The van der Waals surface area contributed by atoms with Crippen molar-refractivity contribution < 1.29 is 5.11 Å². The summed E-state index contributed by atoms with van der Waals surface area (Å²) in [5.41, 5.74) is 1.31. The van der Waals surface area contributed by atoms with Crippen LogP contribution in [0, 0.1) is 0 Å². The van der Waals surface area contributed by atoms with Crippen LogP contribution in [-0.4, -0.2) is 38.8 Å². The Hall–Kier alpha value is -0.870. The van der Waals surface area contributed by atoms with Crippen molar-refractivity contribution in [3.63, 3.8) is 0 Å². The first-order valence-electron chi connectivity index (χ1n) is 6.74. The van der Waals surface area contributed by atoms with E-state index in [1.807, 2.05) is 12.5 Å². The molecule has 4 nitrogen and oxygen atoms in total. The molecule has 0 radical (unpaired) electrons. The lowest BCUT2D eigenvalue weighted by Crippen LogP contribution is -2.41. The van der Waals surface area contributed by atoms with Gasteiger partial charge in [0, 0.05) is 24.8 Å². The first-order valence-corrected chi connectivity index (χ1v) is 6.74. The molecule has 0 bridgehead atoms. The number of aliphatic hydroxyl groups excluding tert-OH is 1. The van der Waals surface area contributed by atoms with E-state index in [2.05, 4.69) is 14.5 Å². The quantitative estimate of drug-likeness (QED) is 0.861. The smallest absolute Gasteiger partial charge is 0.0951 e. The molecule has 0 aromatic carbocycles. The molecule has 1 atom stereocenters. The van der Waals surface area contributed by atoms with Crippen molar-refractivity contribution in [1.29, 1.82) is 0 Å². The number of aliphatic hydroxyl groups is 1. The lowest BCUT2D eigenvalue weighted by atomic mass is 10.0. The summed E-state index contributed by atoms with van der Waals surface area (Å²) in [6.07, 6.45) is 10.2. The molecule has 2 aliphatic rings. The Morgan fingerprint density at radius 2 is 2.18 bits per heavy atom. The van der Waals surface area contributed by atoms with Gasteiger partial charge in [0.05, 0.1) is 18.6 Å². The summed E-state index contributed by atoms with van der Waals surface area (Å²) in [7, 11) is 0. The van der Waals surface area contributed by atoms with Crippen molar-refractivity contribution in [1.82, 2.24) is 14.5 Å². The maximum absolute atomic E-state index is 9.42. The monoisotopic (exact) mass is 235 g/mol. The summed E-state index contributed by atoms with van der Waals surface area (Å²) in [4.78, 5) is 6.69. The van der Waals surface area contributed by atoms with Crippen molar-refractivity contribution >= 4 is 0 Å². The summed E-state index contributed by atoms with van der Waals surface area (Å²) in [6.45, 7) is 2.35. The minimum Gasteiger partial charge on any atom is -0.395 e. The van der Waals surface area contributed by atoms with Crippen LogP contribution in [0.3, 0.4) is 0 Å². The van der Waals surface area contributed by atoms with Crippen molar-refractivity contribution in [3.8, 4) is 0 Å². The summed E-state index contributed by atoms with van der Waals surface area (Å²) in [6, 6.07) is 1.05. The third kappa shape index (κ3) is 2.38. The highest BCUT2D eigenvalue weighted by atomic mass is 16.3. The van der Waals surface area contributed by atoms with Crippen LogP contribution in [0.1, 0.15) is 43.8 Å². The van der Waals surface area contributed by atoms with Gasteiger partial charge in [0.25, 0.3) is 0 Å². The van der Waals surface area contributed by atoms with Crippen LogP contribution in [0.15, 0.2) is 12.5 Å². The summed E-state index contributed by atoms with van der Waals surface area (Å²) >= 11 is 0. The highest BCUT2D eigenvalue weighted by Crippen LogP contribution is 2.36. The van der Waals surface area contributed by atoms with E-state index in [0.29, 0.717) is 12.1 Å². The van der Waals surface area contributed by atoms with Gasteiger partial charge in [0.1, 0.15) is 0 Å². The molecule has 1 aliphatic heterocycles. The molecule has 2 heterocycles. The van der Waals surface area contributed by atoms with Crippen LogP contribution in [-0.2, 0) is 6.54 Å². The van der Waals surface area contributed by atoms with Gasteiger partial charge in [0.2, 0.25) is 0 Å². The lowest BCUT2D eigenvalue weighted by Gasteiger charge is -2.34. The molecular formula is C13H21N3O. The highest BCUT2D eigenvalue weighted by Gasteiger charge is 2.27. The minimum absolute atomic E-state index is 0.289. The van der Waals surface area contributed by atoms with Crippen molar-refractivity contribution in [2.24, 2.45) is 0 Å². The maximum atomic E-state index is 9.42. The topological polar surface area (TPSA) is 41.3 Å². The van der Waals surface area contributed by atoms with Crippen LogP contribution in [0.4, 0.5) is 0 Å². The molecule has 1 aromatic heterocycles. The van der Waals surface area contributed by atoms with Gasteiger partial charge < -0.3 is 9.67 Å². The van der Waals surface area contributed by atoms with Crippen LogP contribution >= 0.6 is 0 Å². The largest absolute Gasteiger partial charge is 0.395 e. The van der Waals surface area contributed by atoms with Gasteiger partial charge in [-0.1, -0.05) is 6.42 Å². The molecule has 0 spiro atoms. The van der Waals surface area contributed by atoms with Gasteiger partial charge >= 0.3 is 0 Å². The standard InChI is InChI=1S/C13H21N3O/c17-9-12-3-1-2-6-15(12)8-13-7-14-10-16(13)11-4-5-11/h7,10-12,17H,1-6,8-9H2. The van der Waals surface area contributed by atoms with Crippen molar-refractivity contribution in [2.75, 3.05) is 13.2 Å². The van der Waals surface area contributed by atoms with E-state index >= 15 is 0 Å². The molecule has 1 N–H and O–H groups in total. The van der Waals surface area contributed by atoms with E-state index in [-0.39, 0.29) is 6.61 Å². The average molecular weight is 235 g/mol. The van der Waals surface area contributed by atoms with Gasteiger partial charge in [-0.05, 0) is 32.2 Å². The van der Waals surface area contributed by atoms with Crippen LogP contribution in [0.5, 0.6) is 0 Å². The number of hydrogen-bond donors (Lipinski definition) is 1. The Kier molecular flexibility index (Phi) is 3.16. The third-order valence-electron chi connectivity index (χ3n) is 4.01. The number of likely N-dealkylation sites (tertiary alicyclic amines) is 1. The zero-order valence-electron chi connectivity index (χ0n) is 10.3. The molecule has 1 saturated carbocycles. The van der Waals surface area contributed by atoms with Gasteiger partial charge in [-0.3, -0.25) is 4.90 Å². The predicted octanol–water partition coefficient (Wildman–Crippen LogP) is 1.56. The van der Waals surface area contributed by atoms with Crippen molar-refractivity contribution in [3.05, 3.63) is 18.2 Å². The first kappa shape index (κ1) is 11.2. The van der Waals surface area contributed by atoms with Crippen LogP contribution < -0.4 is 0 Å². The Labute approximate surface area is 102 Å². The fraction of sp³-hybridized carbons (Fsp3) is 0.769. The second-order valence-corrected chi connectivity index (χ2v) is 5.33. The number of rotatable bonds is 4. The Morgan fingerprint density at radius 1 is 1.29 bits per heavy atom. The zero-order chi connectivity index (χ0) is 11.7. The van der Waals surface area contributed by atoms with E-state index in [4.69, 9.17) is 0 Å². The molecule has 1 saturated heterocycles.